The molecule has 1 aliphatic rings. The Hall–Kier alpha value is -2.81. The Morgan fingerprint density at radius 1 is 1.04 bits per heavy atom. The SMILES string of the molecule is CC[C@H](C)NC(=O)c1ccc(-n2c(-c3ccccc3)cc3c2CCCC3)cc1. The lowest BCUT2D eigenvalue weighted by molar-refractivity contribution is 0.0939. The molecule has 0 fully saturated rings. The van der Waals surface area contributed by atoms with Gasteiger partial charge < -0.3 is 9.88 Å². The van der Waals surface area contributed by atoms with E-state index in [-0.39, 0.29) is 11.9 Å². The first-order valence-electron chi connectivity index (χ1n) is 10.4. The molecule has 1 atom stereocenters. The monoisotopic (exact) mass is 372 g/mol. The van der Waals surface area contributed by atoms with Crippen LogP contribution in [0.1, 0.15) is 54.7 Å². The van der Waals surface area contributed by atoms with Crippen molar-refractivity contribution in [3.8, 4) is 16.9 Å². The molecule has 4 rings (SSSR count). The molecule has 1 aromatic heterocycles. The predicted molar refractivity (Wildman–Crippen MR) is 115 cm³/mol. The third kappa shape index (κ3) is 3.62. The number of amides is 1. The van der Waals surface area contributed by atoms with E-state index < -0.39 is 0 Å². The maximum atomic E-state index is 12.4. The fourth-order valence-electron chi connectivity index (χ4n) is 3.99. The van der Waals surface area contributed by atoms with Crippen molar-refractivity contribution < 1.29 is 4.79 Å². The molecule has 3 nitrogen and oxygen atoms in total. The number of hydrogen-bond acceptors (Lipinski definition) is 1. The van der Waals surface area contributed by atoms with E-state index in [1.807, 2.05) is 19.1 Å². The second-order valence-corrected chi connectivity index (χ2v) is 7.74. The molecule has 1 aliphatic carbocycles. The van der Waals surface area contributed by atoms with E-state index in [0.717, 1.165) is 24.9 Å². The van der Waals surface area contributed by atoms with Gasteiger partial charge in [-0.1, -0.05) is 37.3 Å². The van der Waals surface area contributed by atoms with Crippen LogP contribution in [0.5, 0.6) is 0 Å². The largest absolute Gasteiger partial charge is 0.350 e. The van der Waals surface area contributed by atoms with Crippen molar-refractivity contribution in [2.75, 3.05) is 0 Å². The Morgan fingerprint density at radius 2 is 1.75 bits per heavy atom. The van der Waals surface area contributed by atoms with E-state index in [1.54, 1.807) is 0 Å². The highest BCUT2D eigenvalue weighted by molar-refractivity contribution is 5.94. The molecule has 0 unspecified atom stereocenters. The molecule has 3 heteroatoms. The molecule has 1 heterocycles. The number of fused-ring (bicyclic) bond motifs is 1. The van der Waals surface area contributed by atoms with Crippen molar-refractivity contribution in [2.24, 2.45) is 0 Å². The van der Waals surface area contributed by atoms with Crippen molar-refractivity contribution in [1.82, 2.24) is 9.88 Å². The highest BCUT2D eigenvalue weighted by Crippen LogP contribution is 2.33. The van der Waals surface area contributed by atoms with Crippen LogP contribution in [0, 0.1) is 0 Å². The minimum absolute atomic E-state index is 0.00119. The van der Waals surface area contributed by atoms with Crippen molar-refractivity contribution >= 4 is 5.91 Å². The first-order chi connectivity index (χ1) is 13.7. The molecule has 28 heavy (non-hydrogen) atoms. The van der Waals surface area contributed by atoms with Crippen LogP contribution in [-0.2, 0) is 12.8 Å². The first kappa shape index (κ1) is 18.5. The van der Waals surface area contributed by atoms with E-state index in [1.165, 1.54) is 35.4 Å². The molecule has 0 spiro atoms. The number of rotatable bonds is 5. The van der Waals surface area contributed by atoms with Crippen molar-refractivity contribution in [3.63, 3.8) is 0 Å². The Bertz CT molecular complexity index is 954. The number of nitrogens with zero attached hydrogens (tertiary/aromatic N) is 1. The number of aromatic nitrogens is 1. The highest BCUT2D eigenvalue weighted by Gasteiger charge is 2.20. The van der Waals surface area contributed by atoms with Gasteiger partial charge in [0.1, 0.15) is 0 Å². The molecule has 0 saturated heterocycles. The molecule has 1 amide bonds. The summed E-state index contributed by atoms with van der Waals surface area (Å²) in [5.41, 5.74) is 7.19. The second-order valence-electron chi connectivity index (χ2n) is 7.74. The summed E-state index contributed by atoms with van der Waals surface area (Å²) in [6.45, 7) is 4.11. The summed E-state index contributed by atoms with van der Waals surface area (Å²) < 4.78 is 2.39. The number of carbonyl (C=O) groups excluding carboxylic acids is 1. The summed E-state index contributed by atoms with van der Waals surface area (Å²) in [4.78, 5) is 12.4. The summed E-state index contributed by atoms with van der Waals surface area (Å²) in [6.07, 6.45) is 5.69. The van der Waals surface area contributed by atoms with Crippen LogP contribution in [-0.4, -0.2) is 16.5 Å². The van der Waals surface area contributed by atoms with Gasteiger partial charge in [-0.15, -0.1) is 0 Å². The van der Waals surface area contributed by atoms with Crippen LogP contribution in [0.4, 0.5) is 0 Å². The van der Waals surface area contributed by atoms with Gasteiger partial charge in [0.15, 0.2) is 0 Å². The third-order valence-electron chi connectivity index (χ3n) is 5.75. The van der Waals surface area contributed by atoms with Crippen LogP contribution in [0.3, 0.4) is 0 Å². The molecule has 3 aromatic rings. The zero-order valence-corrected chi connectivity index (χ0v) is 16.7. The average Bonchev–Trinajstić information content (AvgIpc) is 3.14. The van der Waals surface area contributed by atoms with E-state index in [9.17, 15) is 4.79 Å². The van der Waals surface area contributed by atoms with Gasteiger partial charge >= 0.3 is 0 Å². The first-order valence-corrected chi connectivity index (χ1v) is 10.4. The van der Waals surface area contributed by atoms with Gasteiger partial charge in [-0.2, -0.15) is 0 Å². The van der Waals surface area contributed by atoms with Crippen molar-refractivity contribution in [2.45, 2.75) is 52.0 Å². The average molecular weight is 373 g/mol. The normalized spacial score (nSPS) is 14.4. The summed E-state index contributed by atoms with van der Waals surface area (Å²) in [5, 5.41) is 3.04. The molecule has 0 radical (unpaired) electrons. The lowest BCUT2D eigenvalue weighted by atomic mass is 9.98. The summed E-state index contributed by atoms with van der Waals surface area (Å²) >= 11 is 0. The molecular formula is C25H28N2O. The van der Waals surface area contributed by atoms with Crippen molar-refractivity contribution in [1.29, 1.82) is 0 Å². The third-order valence-corrected chi connectivity index (χ3v) is 5.75. The van der Waals surface area contributed by atoms with Gasteiger partial charge in [0.25, 0.3) is 5.91 Å². The molecular weight excluding hydrogens is 344 g/mol. The molecule has 1 N–H and O–H groups in total. The summed E-state index contributed by atoms with van der Waals surface area (Å²) in [5.74, 6) is -0.00119. The van der Waals surface area contributed by atoms with E-state index >= 15 is 0 Å². The van der Waals surface area contributed by atoms with E-state index in [2.05, 4.69) is 65.3 Å². The standard InChI is InChI=1S/C25H28N2O/c1-3-18(2)26-25(28)20-13-15-22(16-14-20)27-23-12-8-7-11-21(23)17-24(27)19-9-5-4-6-10-19/h4-6,9-10,13-18H,3,7-8,11-12H2,1-2H3,(H,26,28)/t18-/m0/s1. The number of hydrogen-bond donors (Lipinski definition) is 1. The minimum Gasteiger partial charge on any atom is -0.350 e. The van der Waals surface area contributed by atoms with Crippen LogP contribution < -0.4 is 5.32 Å². The smallest absolute Gasteiger partial charge is 0.251 e. The Morgan fingerprint density at radius 3 is 2.46 bits per heavy atom. The molecule has 0 aliphatic heterocycles. The second kappa shape index (κ2) is 8.05. The fourth-order valence-corrected chi connectivity index (χ4v) is 3.99. The Labute approximate surface area is 167 Å². The maximum absolute atomic E-state index is 12.4. The van der Waals surface area contributed by atoms with Gasteiger partial charge in [0.05, 0.1) is 5.69 Å². The molecule has 0 bridgehead atoms. The number of benzene rings is 2. The predicted octanol–water partition coefficient (Wildman–Crippen LogP) is 5.55. The summed E-state index contributed by atoms with van der Waals surface area (Å²) in [7, 11) is 0. The maximum Gasteiger partial charge on any atom is 0.251 e. The zero-order chi connectivity index (χ0) is 19.5. The topological polar surface area (TPSA) is 34.0 Å². The van der Waals surface area contributed by atoms with Crippen molar-refractivity contribution in [3.05, 3.63) is 77.5 Å². The van der Waals surface area contributed by atoms with Gasteiger partial charge in [0, 0.05) is 23.0 Å². The zero-order valence-electron chi connectivity index (χ0n) is 16.7. The fraction of sp³-hybridized carbons (Fsp3) is 0.320. The van der Waals surface area contributed by atoms with Crippen LogP contribution in [0.2, 0.25) is 0 Å². The minimum atomic E-state index is -0.00119. The van der Waals surface area contributed by atoms with Gasteiger partial charge in [0.2, 0.25) is 0 Å². The van der Waals surface area contributed by atoms with Crippen LogP contribution >= 0.6 is 0 Å². The number of nitrogens with one attached hydrogen (secondary N) is 1. The van der Waals surface area contributed by atoms with Gasteiger partial charge in [-0.25, -0.2) is 0 Å². The van der Waals surface area contributed by atoms with E-state index in [4.69, 9.17) is 0 Å². The lowest BCUT2D eigenvalue weighted by Gasteiger charge is -2.18. The van der Waals surface area contributed by atoms with E-state index in [0.29, 0.717) is 5.56 Å². The summed E-state index contributed by atoms with van der Waals surface area (Å²) in [6, 6.07) is 21.2. The van der Waals surface area contributed by atoms with Crippen LogP contribution in [0.25, 0.3) is 16.9 Å². The molecule has 2 aromatic carbocycles. The Kier molecular flexibility index (Phi) is 5.34. The lowest BCUT2D eigenvalue weighted by Crippen LogP contribution is -2.31. The molecule has 0 saturated carbocycles. The van der Waals surface area contributed by atoms with Gasteiger partial charge in [-0.3, -0.25) is 4.79 Å². The highest BCUT2D eigenvalue weighted by atomic mass is 16.1. The van der Waals surface area contributed by atoms with Crippen LogP contribution in [0.15, 0.2) is 60.7 Å². The Balaban J connectivity index is 1.72. The molecule has 144 valence electrons. The quantitative estimate of drug-likeness (QED) is 0.626. The number of carbonyl (C=O) groups is 1. The van der Waals surface area contributed by atoms with Gasteiger partial charge in [-0.05, 0) is 80.5 Å². The number of aryl methyl sites for hydroxylation is 1.